The highest BCUT2D eigenvalue weighted by Crippen LogP contribution is 2.64. The van der Waals surface area contributed by atoms with Crippen LogP contribution in [0.2, 0.25) is 0 Å². The number of hydrogen-bond donors (Lipinski definition) is 0. The van der Waals surface area contributed by atoms with Gasteiger partial charge in [0.05, 0.1) is 0 Å². The lowest BCUT2D eigenvalue weighted by Gasteiger charge is -2.59. The van der Waals surface area contributed by atoms with Gasteiger partial charge in [0.2, 0.25) is 0 Å². The van der Waals surface area contributed by atoms with Crippen LogP contribution >= 0.6 is 0 Å². The molecule has 0 saturated heterocycles. The van der Waals surface area contributed by atoms with E-state index in [1.54, 1.807) is 0 Å². The van der Waals surface area contributed by atoms with E-state index in [0.29, 0.717) is 48.6 Å². The number of ketones is 3. The van der Waals surface area contributed by atoms with Gasteiger partial charge in [0.25, 0.3) is 0 Å². The molecule has 0 aromatic carbocycles. The number of rotatable bonds is 0. The van der Waals surface area contributed by atoms with Gasteiger partial charge in [0.1, 0.15) is 17.3 Å². The second kappa shape index (κ2) is 4.77. The summed E-state index contributed by atoms with van der Waals surface area (Å²) in [5, 5.41) is 0. The second-order valence-corrected chi connectivity index (χ2v) is 9.30. The van der Waals surface area contributed by atoms with E-state index < -0.39 is 0 Å². The quantitative estimate of drug-likeness (QED) is 0.686. The van der Waals surface area contributed by atoms with Crippen LogP contribution in [0.25, 0.3) is 0 Å². The molecule has 4 saturated carbocycles. The summed E-state index contributed by atoms with van der Waals surface area (Å²) in [6.07, 6.45) is 5.65. The molecule has 4 aliphatic carbocycles. The Kier molecular flexibility index (Phi) is 3.22. The van der Waals surface area contributed by atoms with Gasteiger partial charge in [-0.15, -0.1) is 0 Å². The molecule has 0 aliphatic heterocycles. The van der Waals surface area contributed by atoms with E-state index in [1.807, 2.05) is 6.92 Å². The number of Topliss-reactive ketones (excluding diaryl/α,β-unsaturated/α-hetero) is 3. The summed E-state index contributed by atoms with van der Waals surface area (Å²) in [6, 6.07) is 0. The number of hydrogen-bond acceptors (Lipinski definition) is 3. The van der Waals surface area contributed by atoms with E-state index in [9.17, 15) is 14.4 Å². The third-order valence-corrected chi connectivity index (χ3v) is 8.32. The summed E-state index contributed by atoms with van der Waals surface area (Å²) >= 11 is 0. The molecule has 3 nitrogen and oxygen atoms in total. The van der Waals surface area contributed by atoms with Gasteiger partial charge in [-0.3, -0.25) is 14.4 Å². The van der Waals surface area contributed by atoms with Crippen LogP contribution in [0.15, 0.2) is 0 Å². The van der Waals surface area contributed by atoms with Crippen molar-refractivity contribution < 1.29 is 14.4 Å². The average molecular weight is 316 g/mol. The molecule has 0 spiro atoms. The summed E-state index contributed by atoms with van der Waals surface area (Å²) in [7, 11) is 0. The monoisotopic (exact) mass is 316 g/mol. The third-order valence-electron chi connectivity index (χ3n) is 8.32. The summed E-state index contributed by atoms with van der Waals surface area (Å²) < 4.78 is 0. The molecule has 0 aromatic heterocycles. The first kappa shape index (κ1) is 15.5. The van der Waals surface area contributed by atoms with Crippen LogP contribution in [0.5, 0.6) is 0 Å². The highest BCUT2D eigenvalue weighted by molar-refractivity contribution is 5.92. The Bertz CT molecular complexity index is 594. The molecule has 0 aromatic rings. The fourth-order valence-electron chi connectivity index (χ4n) is 6.98. The highest BCUT2D eigenvalue weighted by Gasteiger charge is 2.62. The Morgan fingerprint density at radius 1 is 0.957 bits per heavy atom. The lowest BCUT2D eigenvalue weighted by molar-refractivity contribution is -0.162. The van der Waals surface area contributed by atoms with Crippen molar-refractivity contribution in [3.05, 3.63) is 0 Å². The number of fused-ring (bicyclic) bond motifs is 5. The normalized spacial score (nSPS) is 52.8. The Morgan fingerprint density at radius 3 is 2.43 bits per heavy atom. The van der Waals surface area contributed by atoms with Gasteiger partial charge in [-0.1, -0.05) is 20.8 Å². The fraction of sp³-hybridized carbons (Fsp3) is 0.850. The molecule has 7 atom stereocenters. The van der Waals surface area contributed by atoms with Crippen LogP contribution in [0.3, 0.4) is 0 Å². The van der Waals surface area contributed by atoms with E-state index >= 15 is 0 Å². The molecule has 0 unspecified atom stereocenters. The first-order chi connectivity index (χ1) is 10.8. The van der Waals surface area contributed by atoms with Gasteiger partial charge in [0.15, 0.2) is 0 Å². The van der Waals surface area contributed by atoms with Crippen LogP contribution in [0.1, 0.15) is 65.7 Å². The van der Waals surface area contributed by atoms with Crippen molar-refractivity contribution in [3.63, 3.8) is 0 Å². The third kappa shape index (κ3) is 1.91. The highest BCUT2D eigenvalue weighted by atomic mass is 16.1. The molecule has 0 amide bonds. The summed E-state index contributed by atoms with van der Waals surface area (Å²) in [4.78, 5) is 37.5. The van der Waals surface area contributed by atoms with E-state index in [1.165, 1.54) is 0 Å². The van der Waals surface area contributed by atoms with Crippen LogP contribution in [0.4, 0.5) is 0 Å². The molecule has 4 fully saturated rings. The van der Waals surface area contributed by atoms with Crippen molar-refractivity contribution in [1.82, 2.24) is 0 Å². The van der Waals surface area contributed by atoms with E-state index in [4.69, 9.17) is 0 Å². The Labute approximate surface area is 138 Å². The first-order valence-corrected chi connectivity index (χ1v) is 9.36. The number of carbonyl (C=O) groups is 3. The van der Waals surface area contributed by atoms with Crippen LogP contribution < -0.4 is 0 Å². The van der Waals surface area contributed by atoms with Crippen molar-refractivity contribution in [2.24, 2.45) is 40.4 Å². The maximum Gasteiger partial charge on any atom is 0.139 e. The van der Waals surface area contributed by atoms with Crippen molar-refractivity contribution in [1.29, 1.82) is 0 Å². The largest absolute Gasteiger partial charge is 0.299 e. The summed E-state index contributed by atoms with van der Waals surface area (Å²) in [5.41, 5.74) is -0.207. The zero-order chi connectivity index (χ0) is 16.6. The summed E-state index contributed by atoms with van der Waals surface area (Å²) in [5.74, 6) is 2.30. The lowest BCUT2D eigenvalue weighted by atomic mass is 9.44. The van der Waals surface area contributed by atoms with Crippen LogP contribution in [-0.2, 0) is 14.4 Å². The average Bonchev–Trinajstić information content (AvgIpc) is 2.78. The van der Waals surface area contributed by atoms with Crippen molar-refractivity contribution in [3.8, 4) is 0 Å². The molecule has 0 heterocycles. The molecule has 0 radical (unpaired) electrons. The molecular formula is C20H28O3. The van der Waals surface area contributed by atoms with Gasteiger partial charge in [-0.25, -0.2) is 0 Å². The van der Waals surface area contributed by atoms with Gasteiger partial charge in [-0.05, 0) is 48.9 Å². The smallest absolute Gasteiger partial charge is 0.139 e. The van der Waals surface area contributed by atoms with Crippen LogP contribution in [-0.4, -0.2) is 17.3 Å². The summed E-state index contributed by atoms with van der Waals surface area (Å²) in [6.45, 7) is 6.45. The minimum Gasteiger partial charge on any atom is -0.299 e. The van der Waals surface area contributed by atoms with E-state index in [-0.39, 0.29) is 28.4 Å². The Balaban J connectivity index is 1.72. The zero-order valence-corrected chi connectivity index (χ0v) is 14.6. The minimum atomic E-state index is -0.180. The molecule has 4 rings (SSSR count). The Morgan fingerprint density at radius 2 is 1.70 bits per heavy atom. The first-order valence-electron chi connectivity index (χ1n) is 9.36. The maximum atomic E-state index is 12.9. The van der Waals surface area contributed by atoms with E-state index in [0.717, 1.165) is 25.7 Å². The van der Waals surface area contributed by atoms with Crippen LogP contribution in [0, 0.1) is 40.4 Å². The molecule has 3 heteroatoms. The Hall–Kier alpha value is -0.990. The molecule has 4 aliphatic rings. The molecule has 23 heavy (non-hydrogen) atoms. The fourth-order valence-corrected chi connectivity index (χ4v) is 6.98. The molecule has 0 bridgehead atoms. The standard InChI is InChI=1S/C20H28O3/c1-11-10-20(3)14-6-7-19(2)13(4-5-18(19)23)12(14)8-17(22)15(20)9-16(11)21/h11-15H,4-10H2,1-3H3/t11-,12+,13+,14+,15-,19+,20-/m1/s1. The van der Waals surface area contributed by atoms with Crippen molar-refractivity contribution in [2.75, 3.05) is 0 Å². The predicted molar refractivity (Wildman–Crippen MR) is 86.7 cm³/mol. The topological polar surface area (TPSA) is 51.2 Å². The maximum absolute atomic E-state index is 12.9. The molecule has 0 N–H and O–H groups in total. The minimum absolute atomic E-state index is 0.0275. The zero-order valence-electron chi connectivity index (χ0n) is 14.6. The number of carbonyl (C=O) groups excluding carboxylic acids is 3. The van der Waals surface area contributed by atoms with Crippen molar-refractivity contribution >= 4 is 17.3 Å². The van der Waals surface area contributed by atoms with Gasteiger partial charge < -0.3 is 0 Å². The van der Waals surface area contributed by atoms with Gasteiger partial charge in [0, 0.05) is 36.5 Å². The second-order valence-electron chi connectivity index (χ2n) is 9.30. The SMILES string of the molecule is C[C@@H]1C[C@@]2(C)[C@H](CC1=O)C(=O)C[C@@H]1[C@@H]2CC[C@]2(C)C(=O)CC[C@@H]12. The van der Waals surface area contributed by atoms with Gasteiger partial charge >= 0.3 is 0 Å². The molecular weight excluding hydrogens is 288 g/mol. The lowest BCUT2D eigenvalue weighted by Crippen LogP contribution is -2.57. The van der Waals surface area contributed by atoms with E-state index in [2.05, 4.69) is 13.8 Å². The van der Waals surface area contributed by atoms with Crippen molar-refractivity contribution in [2.45, 2.75) is 65.7 Å². The predicted octanol–water partition coefficient (Wildman–Crippen LogP) is 3.59. The molecule has 126 valence electrons. The van der Waals surface area contributed by atoms with Gasteiger partial charge in [-0.2, -0.15) is 0 Å².